The maximum absolute atomic E-state index is 13.5. The van der Waals surface area contributed by atoms with Crippen molar-refractivity contribution in [2.45, 2.75) is 26.0 Å². The maximum atomic E-state index is 13.5. The van der Waals surface area contributed by atoms with Gasteiger partial charge in [-0.3, -0.25) is 4.79 Å². The summed E-state index contributed by atoms with van der Waals surface area (Å²) in [6.45, 7) is 2.88. The Balaban J connectivity index is 3.17. The molecule has 1 aromatic rings. The van der Waals surface area contributed by atoms with E-state index in [1.165, 1.54) is 25.1 Å². The topological polar surface area (TPSA) is 75.3 Å². The Morgan fingerprint density at radius 1 is 1.56 bits per heavy atom. The van der Waals surface area contributed by atoms with Crippen LogP contribution >= 0.6 is 0 Å². The Morgan fingerprint density at radius 2 is 2.19 bits per heavy atom. The lowest BCUT2D eigenvalue weighted by molar-refractivity contribution is -0.114. The molecule has 0 saturated heterocycles. The molecule has 0 spiro atoms. The molecule has 0 bridgehead atoms. The van der Waals surface area contributed by atoms with Gasteiger partial charge >= 0.3 is 0 Å². The Morgan fingerprint density at radius 3 is 2.69 bits per heavy atom. The van der Waals surface area contributed by atoms with Gasteiger partial charge in [0.05, 0.1) is 11.8 Å². The second-order valence-corrected chi connectivity index (χ2v) is 3.69. The molecule has 0 aliphatic heterocycles. The summed E-state index contributed by atoms with van der Waals surface area (Å²) in [5.41, 5.74) is 5.80. The van der Waals surface area contributed by atoms with Crippen molar-refractivity contribution in [1.29, 1.82) is 0 Å². The van der Waals surface area contributed by atoms with E-state index in [9.17, 15) is 14.3 Å². The van der Waals surface area contributed by atoms with E-state index in [0.717, 1.165) is 0 Å². The second kappa shape index (κ2) is 5.05. The molecule has 5 heteroatoms. The molecule has 1 amide bonds. The van der Waals surface area contributed by atoms with Crippen molar-refractivity contribution in [1.82, 2.24) is 0 Å². The SMILES string of the molecule is CC(=O)Nc1c(F)cccc1C(O)C(C)N. The molecule has 0 fully saturated rings. The Kier molecular flexibility index (Phi) is 3.98. The number of halogens is 1. The summed E-state index contributed by atoms with van der Waals surface area (Å²) in [6.07, 6.45) is -1.02. The third kappa shape index (κ3) is 2.77. The third-order valence-corrected chi connectivity index (χ3v) is 2.16. The van der Waals surface area contributed by atoms with Gasteiger partial charge in [0.1, 0.15) is 5.82 Å². The number of hydrogen-bond donors (Lipinski definition) is 3. The van der Waals surface area contributed by atoms with Gasteiger partial charge in [-0.1, -0.05) is 12.1 Å². The average Bonchev–Trinajstić information content (AvgIpc) is 2.19. The maximum Gasteiger partial charge on any atom is 0.221 e. The number of hydrogen-bond acceptors (Lipinski definition) is 3. The van der Waals surface area contributed by atoms with Crippen LogP contribution in [0.15, 0.2) is 18.2 Å². The van der Waals surface area contributed by atoms with Crippen LogP contribution in [0.2, 0.25) is 0 Å². The first-order chi connectivity index (χ1) is 7.43. The first kappa shape index (κ1) is 12.6. The van der Waals surface area contributed by atoms with Gasteiger partial charge in [0.25, 0.3) is 0 Å². The van der Waals surface area contributed by atoms with Crippen LogP contribution in [0.25, 0.3) is 0 Å². The quantitative estimate of drug-likeness (QED) is 0.724. The summed E-state index contributed by atoms with van der Waals surface area (Å²) in [7, 11) is 0. The average molecular weight is 226 g/mol. The summed E-state index contributed by atoms with van der Waals surface area (Å²) in [5, 5.41) is 12.1. The molecule has 16 heavy (non-hydrogen) atoms. The lowest BCUT2D eigenvalue weighted by Crippen LogP contribution is -2.26. The van der Waals surface area contributed by atoms with Gasteiger partial charge in [0.2, 0.25) is 5.91 Å². The number of para-hydroxylation sites is 1. The fourth-order valence-corrected chi connectivity index (χ4v) is 1.38. The third-order valence-electron chi connectivity index (χ3n) is 2.16. The minimum atomic E-state index is -1.02. The predicted octanol–water partition coefficient (Wildman–Crippen LogP) is 1.16. The van der Waals surface area contributed by atoms with Crippen LogP contribution in [-0.2, 0) is 4.79 Å². The normalized spacial score (nSPS) is 14.3. The van der Waals surface area contributed by atoms with Gasteiger partial charge in [-0.05, 0) is 13.0 Å². The molecular formula is C11H15FN2O2. The van der Waals surface area contributed by atoms with E-state index >= 15 is 0 Å². The number of nitrogens with one attached hydrogen (secondary N) is 1. The van der Waals surface area contributed by atoms with Crippen molar-refractivity contribution >= 4 is 11.6 Å². The second-order valence-electron chi connectivity index (χ2n) is 3.69. The van der Waals surface area contributed by atoms with Crippen molar-refractivity contribution in [2.75, 3.05) is 5.32 Å². The largest absolute Gasteiger partial charge is 0.387 e. The summed E-state index contributed by atoms with van der Waals surface area (Å²) >= 11 is 0. The fraction of sp³-hybridized carbons (Fsp3) is 0.364. The zero-order valence-corrected chi connectivity index (χ0v) is 9.20. The summed E-state index contributed by atoms with van der Waals surface area (Å²) in [5.74, 6) is -0.990. The zero-order chi connectivity index (χ0) is 12.3. The first-order valence-electron chi connectivity index (χ1n) is 4.93. The van der Waals surface area contributed by atoms with Crippen LogP contribution in [0.3, 0.4) is 0 Å². The smallest absolute Gasteiger partial charge is 0.221 e. The number of carbonyl (C=O) groups is 1. The van der Waals surface area contributed by atoms with Crippen molar-refractivity contribution in [3.63, 3.8) is 0 Å². The number of aliphatic hydroxyl groups is 1. The van der Waals surface area contributed by atoms with Crippen LogP contribution in [0.1, 0.15) is 25.5 Å². The molecule has 4 nitrogen and oxygen atoms in total. The zero-order valence-electron chi connectivity index (χ0n) is 9.20. The lowest BCUT2D eigenvalue weighted by atomic mass is 10.0. The monoisotopic (exact) mass is 226 g/mol. The predicted molar refractivity (Wildman–Crippen MR) is 59.3 cm³/mol. The summed E-state index contributed by atoms with van der Waals surface area (Å²) in [4.78, 5) is 10.9. The molecule has 0 radical (unpaired) electrons. The van der Waals surface area contributed by atoms with E-state index in [-0.39, 0.29) is 11.3 Å². The van der Waals surface area contributed by atoms with E-state index in [1.54, 1.807) is 6.92 Å². The molecular weight excluding hydrogens is 211 g/mol. The minimum absolute atomic E-state index is 0.0141. The molecule has 2 atom stereocenters. The minimum Gasteiger partial charge on any atom is -0.387 e. The molecule has 0 aliphatic rings. The summed E-state index contributed by atoms with van der Waals surface area (Å²) < 4.78 is 13.5. The van der Waals surface area contributed by atoms with Gasteiger partial charge in [-0.15, -0.1) is 0 Å². The number of aliphatic hydroxyl groups excluding tert-OH is 1. The standard InChI is InChI=1S/C11H15FN2O2/c1-6(13)11(16)8-4-3-5-9(12)10(8)14-7(2)15/h3-6,11,16H,13H2,1-2H3,(H,14,15). The molecule has 1 rings (SSSR count). The number of anilines is 1. The molecule has 0 saturated carbocycles. The number of rotatable bonds is 3. The van der Waals surface area contributed by atoms with Gasteiger partial charge in [0.15, 0.2) is 0 Å². The highest BCUT2D eigenvalue weighted by Crippen LogP contribution is 2.27. The highest BCUT2D eigenvalue weighted by atomic mass is 19.1. The number of benzene rings is 1. The van der Waals surface area contributed by atoms with Gasteiger partial charge < -0.3 is 16.2 Å². The molecule has 2 unspecified atom stereocenters. The van der Waals surface area contributed by atoms with Gasteiger partial charge in [-0.2, -0.15) is 0 Å². The number of amides is 1. The van der Waals surface area contributed by atoms with Crippen LogP contribution < -0.4 is 11.1 Å². The van der Waals surface area contributed by atoms with Crippen LogP contribution in [0.4, 0.5) is 10.1 Å². The van der Waals surface area contributed by atoms with Crippen molar-refractivity contribution < 1.29 is 14.3 Å². The van der Waals surface area contributed by atoms with E-state index in [4.69, 9.17) is 5.73 Å². The molecule has 4 N–H and O–H groups in total. The van der Waals surface area contributed by atoms with E-state index in [2.05, 4.69) is 5.32 Å². The highest BCUT2D eigenvalue weighted by molar-refractivity contribution is 5.89. The van der Waals surface area contributed by atoms with Gasteiger partial charge in [0, 0.05) is 18.5 Å². The first-order valence-corrected chi connectivity index (χ1v) is 4.93. The van der Waals surface area contributed by atoms with Gasteiger partial charge in [-0.25, -0.2) is 4.39 Å². The molecule has 88 valence electrons. The fourth-order valence-electron chi connectivity index (χ4n) is 1.38. The van der Waals surface area contributed by atoms with Crippen molar-refractivity contribution in [2.24, 2.45) is 5.73 Å². The van der Waals surface area contributed by atoms with Crippen LogP contribution in [0, 0.1) is 5.82 Å². The van der Waals surface area contributed by atoms with Crippen LogP contribution in [0.5, 0.6) is 0 Å². The Hall–Kier alpha value is -1.46. The van der Waals surface area contributed by atoms with E-state index in [1.807, 2.05) is 0 Å². The highest BCUT2D eigenvalue weighted by Gasteiger charge is 2.19. The lowest BCUT2D eigenvalue weighted by Gasteiger charge is -2.19. The number of nitrogens with two attached hydrogens (primary N) is 1. The molecule has 0 heterocycles. The van der Waals surface area contributed by atoms with Crippen molar-refractivity contribution in [3.05, 3.63) is 29.6 Å². The number of carbonyl (C=O) groups excluding carboxylic acids is 1. The van der Waals surface area contributed by atoms with E-state index < -0.39 is 23.9 Å². The van der Waals surface area contributed by atoms with Crippen LogP contribution in [-0.4, -0.2) is 17.1 Å². The molecule has 1 aromatic carbocycles. The Bertz CT molecular complexity index is 394. The molecule has 0 aliphatic carbocycles. The Labute approximate surface area is 93.3 Å². The summed E-state index contributed by atoms with van der Waals surface area (Å²) in [6, 6.07) is 3.65. The van der Waals surface area contributed by atoms with E-state index in [0.29, 0.717) is 0 Å². The molecule has 0 aromatic heterocycles. The van der Waals surface area contributed by atoms with Crippen molar-refractivity contribution in [3.8, 4) is 0 Å².